The SMILES string of the molecule is CNC(=O)CC(C=O)C(C)C. The highest BCUT2D eigenvalue weighted by atomic mass is 16.1. The Labute approximate surface area is 67.2 Å². The summed E-state index contributed by atoms with van der Waals surface area (Å²) in [6.07, 6.45) is 1.15. The Morgan fingerprint density at radius 1 is 1.55 bits per heavy atom. The number of nitrogens with one attached hydrogen (secondary N) is 1. The van der Waals surface area contributed by atoms with Gasteiger partial charge in [0, 0.05) is 19.4 Å². The number of carbonyl (C=O) groups is 2. The van der Waals surface area contributed by atoms with Gasteiger partial charge in [0.1, 0.15) is 6.29 Å². The van der Waals surface area contributed by atoms with E-state index >= 15 is 0 Å². The molecule has 0 aliphatic carbocycles. The Bertz CT molecular complexity index is 143. The fraction of sp³-hybridized carbons (Fsp3) is 0.750. The van der Waals surface area contributed by atoms with E-state index in [1.54, 1.807) is 7.05 Å². The second-order valence-electron chi connectivity index (χ2n) is 2.92. The summed E-state index contributed by atoms with van der Waals surface area (Å²) in [6, 6.07) is 0. The minimum Gasteiger partial charge on any atom is -0.359 e. The van der Waals surface area contributed by atoms with E-state index in [9.17, 15) is 9.59 Å². The maximum Gasteiger partial charge on any atom is 0.220 e. The van der Waals surface area contributed by atoms with Crippen LogP contribution in [0.4, 0.5) is 0 Å². The topological polar surface area (TPSA) is 46.2 Å². The normalized spacial score (nSPS) is 12.7. The van der Waals surface area contributed by atoms with E-state index in [0.717, 1.165) is 6.29 Å². The van der Waals surface area contributed by atoms with Crippen LogP contribution in [-0.2, 0) is 9.59 Å². The molecule has 1 amide bonds. The van der Waals surface area contributed by atoms with Crippen LogP contribution in [-0.4, -0.2) is 19.2 Å². The lowest BCUT2D eigenvalue weighted by atomic mass is 9.94. The summed E-state index contributed by atoms with van der Waals surface area (Å²) in [5, 5.41) is 2.49. The summed E-state index contributed by atoms with van der Waals surface area (Å²) in [5.74, 6) is 0.0237. The van der Waals surface area contributed by atoms with E-state index in [4.69, 9.17) is 0 Å². The van der Waals surface area contributed by atoms with Gasteiger partial charge < -0.3 is 10.1 Å². The van der Waals surface area contributed by atoms with Crippen LogP contribution < -0.4 is 5.32 Å². The third-order valence-electron chi connectivity index (χ3n) is 1.73. The average Bonchev–Trinajstić information content (AvgIpc) is 1.99. The fourth-order valence-electron chi connectivity index (χ4n) is 0.757. The number of amides is 1. The molecule has 0 aromatic carbocycles. The molecule has 0 radical (unpaired) electrons. The molecular weight excluding hydrogens is 142 g/mol. The number of carbonyl (C=O) groups excluding carboxylic acids is 2. The number of hydrogen-bond donors (Lipinski definition) is 1. The maximum atomic E-state index is 10.8. The van der Waals surface area contributed by atoms with Gasteiger partial charge in [-0.15, -0.1) is 0 Å². The Morgan fingerprint density at radius 3 is 2.36 bits per heavy atom. The van der Waals surface area contributed by atoms with Gasteiger partial charge in [-0.3, -0.25) is 4.79 Å². The van der Waals surface area contributed by atoms with Crippen LogP contribution in [0, 0.1) is 11.8 Å². The molecule has 1 atom stereocenters. The predicted octanol–water partition coefficient (Wildman–Crippen LogP) is 0.594. The molecule has 0 saturated carbocycles. The van der Waals surface area contributed by atoms with E-state index in [-0.39, 0.29) is 17.7 Å². The Kier molecular flexibility index (Phi) is 4.50. The van der Waals surface area contributed by atoms with E-state index < -0.39 is 0 Å². The third kappa shape index (κ3) is 3.75. The van der Waals surface area contributed by atoms with Crippen LogP contribution >= 0.6 is 0 Å². The van der Waals surface area contributed by atoms with Gasteiger partial charge in [-0.05, 0) is 5.92 Å². The summed E-state index contributed by atoms with van der Waals surface area (Å²) >= 11 is 0. The highest BCUT2D eigenvalue weighted by Gasteiger charge is 2.15. The molecule has 0 fully saturated rings. The number of rotatable bonds is 4. The van der Waals surface area contributed by atoms with Crippen LogP contribution in [0.3, 0.4) is 0 Å². The van der Waals surface area contributed by atoms with Crippen LogP contribution in [0.5, 0.6) is 0 Å². The van der Waals surface area contributed by atoms with Crippen molar-refractivity contribution in [3.8, 4) is 0 Å². The molecule has 0 bridgehead atoms. The summed E-state index contributed by atoms with van der Waals surface area (Å²) in [4.78, 5) is 21.2. The molecule has 0 aliphatic rings. The molecule has 0 rings (SSSR count). The molecule has 0 spiro atoms. The van der Waals surface area contributed by atoms with E-state index in [2.05, 4.69) is 5.32 Å². The van der Waals surface area contributed by atoms with Crippen molar-refractivity contribution in [2.45, 2.75) is 20.3 Å². The van der Waals surface area contributed by atoms with Crippen LogP contribution in [0.15, 0.2) is 0 Å². The first-order chi connectivity index (χ1) is 5.11. The van der Waals surface area contributed by atoms with Gasteiger partial charge in [0.2, 0.25) is 5.91 Å². The average molecular weight is 157 g/mol. The zero-order valence-electron chi connectivity index (χ0n) is 7.26. The minimum atomic E-state index is -0.144. The predicted molar refractivity (Wildman–Crippen MR) is 43.1 cm³/mol. The largest absolute Gasteiger partial charge is 0.359 e. The van der Waals surface area contributed by atoms with Gasteiger partial charge in [-0.2, -0.15) is 0 Å². The molecule has 64 valence electrons. The van der Waals surface area contributed by atoms with Gasteiger partial charge >= 0.3 is 0 Å². The lowest BCUT2D eigenvalue weighted by molar-refractivity contribution is -0.124. The molecule has 1 unspecified atom stereocenters. The standard InChI is InChI=1S/C8H15NO2/c1-6(2)7(5-10)4-8(11)9-3/h5-7H,4H2,1-3H3,(H,9,11). The molecule has 3 heteroatoms. The van der Waals surface area contributed by atoms with Crippen molar-refractivity contribution in [3.63, 3.8) is 0 Å². The van der Waals surface area contributed by atoms with Crippen molar-refractivity contribution < 1.29 is 9.59 Å². The van der Waals surface area contributed by atoms with E-state index in [0.29, 0.717) is 6.42 Å². The molecule has 1 N–H and O–H groups in total. The number of aldehydes is 1. The van der Waals surface area contributed by atoms with E-state index in [1.165, 1.54) is 0 Å². The first-order valence-corrected chi connectivity index (χ1v) is 3.77. The summed E-state index contributed by atoms with van der Waals surface area (Å²) in [7, 11) is 1.57. The molecule has 0 saturated heterocycles. The van der Waals surface area contributed by atoms with Gasteiger partial charge in [0.25, 0.3) is 0 Å². The first-order valence-electron chi connectivity index (χ1n) is 3.77. The fourth-order valence-corrected chi connectivity index (χ4v) is 0.757. The molecule has 0 aromatic rings. The van der Waals surface area contributed by atoms with Gasteiger partial charge in [0.05, 0.1) is 0 Å². The molecular formula is C8H15NO2. The van der Waals surface area contributed by atoms with Crippen molar-refractivity contribution >= 4 is 12.2 Å². The summed E-state index contributed by atoms with van der Waals surface area (Å²) in [6.45, 7) is 3.87. The first kappa shape index (κ1) is 10.1. The van der Waals surface area contributed by atoms with E-state index in [1.807, 2.05) is 13.8 Å². The summed E-state index contributed by atoms with van der Waals surface area (Å²) in [5.41, 5.74) is 0. The van der Waals surface area contributed by atoms with Crippen molar-refractivity contribution in [2.24, 2.45) is 11.8 Å². The highest BCUT2D eigenvalue weighted by molar-refractivity contribution is 5.78. The van der Waals surface area contributed by atoms with Crippen molar-refractivity contribution in [2.75, 3.05) is 7.05 Å². The van der Waals surface area contributed by atoms with Gasteiger partial charge in [0.15, 0.2) is 0 Å². The third-order valence-corrected chi connectivity index (χ3v) is 1.73. The van der Waals surface area contributed by atoms with Crippen molar-refractivity contribution in [3.05, 3.63) is 0 Å². The van der Waals surface area contributed by atoms with Crippen LogP contribution in [0.2, 0.25) is 0 Å². The maximum absolute atomic E-state index is 10.8. The zero-order valence-corrected chi connectivity index (χ0v) is 7.26. The lowest BCUT2D eigenvalue weighted by Crippen LogP contribution is -2.24. The molecule has 0 aliphatic heterocycles. The Balaban J connectivity index is 3.87. The quantitative estimate of drug-likeness (QED) is 0.607. The van der Waals surface area contributed by atoms with Gasteiger partial charge in [-0.25, -0.2) is 0 Å². The lowest BCUT2D eigenvalue weighted by Gasteiger charge is -2.11. The molecule has 11 heavy (non-hydrogen) atoms. The molecule has 3 nitrogen and oxygen atoms in total. The Morgan fingerprint density at radius 2 is 2.09 bits per heavy atom. The van der Waals surface area contributed by atoms with Crippen molar-refractivity contribution in [1.29, 1.82) is 0 Å². The smallest absolute Gasteiger partial charge is 0.220 e. The monoisotopic (exact) mass is 157 g/mol. The minimum absolute atomic E-state index is 0.0733. The Hall–Kier alpha value is -0.860. The second-order valence-corrected chi connectivity index (χ2v) is 2.92. The summed E-state index contributed by atoms with van der Waals surface area (Å²) < 4.78 is 0. The van der Waals surface area contributed by atoms with Crippen molar-refractivity contribution in [1.82, 2.24) is 5.32 Å². The zero-order chi connectivity index (χ0) is 8.85. The van der Waals surface area contributed by atoms with Gasteiger partial charge in [-0.1, -0.05) is 13.8 Å². The number of hydrogen-bond acceptors (Lipinski definition) is 2. The van der Waals surface area contributed by atoms with Crippen LogP contribution in [0.1, 0.15) is 20.3 Å². The van der Waals surface area contributed by atoms with Crippen LogP contribution in [0.25, 0.3) is 0 Å². The highest BCUT2D eigenvalue weighted by Crippen LogP contribution is 2.11. The molecule has 0 heterocycles. The molecule has 0 aromatic heterocycles. The second kappa shape index (κ2) is 4.88.